The van der Waals surface area contributed by atoms with Gasteiger partial charge in [0.2, 0.25) is 0 Å². The molecule has 3 nitrogen and oxygen atoms in total. The van der Waals surface area contributed by atoms with Gasteiger partial charge in [-0.25, -0.2) is 0 Å². The molecule has 0 aromatic heterocycles. The van der Waals surface area contributed by atoms with Gasteiger partial charge in [0.05, 0.1) is 0 Å². The molecule has 0 heterocycles. The Balaban J connectivity index is 1.70. The minimum absolute atomic E-state index is 0.0266. The van der Waals surface area contributed by atoms with E-state index in [-0.39, 0.29) is 11.5 Å². The predicted molar refractivity (Wildman–Crippen MR) is 104 cm³/mol. The van der Waals surface area contributed by atoms with Crippen LogP contribution in [0.15, 0.2) is 60.7 Å². The number of hydrogen-bond donors (Lipinski definition) is 2. The van der Waals surface area contributed by atoms with Gasteiger partial charge < -0.3 is 10.4 Å². The van der Waals surface area contributed by atoms with Crippen LogP contribution in [0.1, 0.15) is 38.2 Å². The first-order chi connectivity index (χ1) is 12.4. The van der Waals surface area contributed by atoms with E-state index in [1.54, 1.807) is 12.1 Å². The van der Waals surface area contributed by atoms with Gasteiger partial charge in [0.15, 0.2) is 5.78 Å². The molecule has 0 radical (unpaired) electrons. The molecule has 0 aliphatic carbocycles. The molecule has 0 saturated heterocycles. The highest BCUT2D eigenvalue weighted by atomic mass is 16.3. The zero-order chi connectivity index (χ0) is 18.7. The molecule has 0 bridgehead atoms. The second kappa shape index (κ2) is 7.54. The highest BCUT2D eigenvalue weighted by Crippen LogP contribution is 2.24. The maximum atomic E-state index is 12.7. The van der Waals surface area contributed by atoms with Gasteiger partial charge in [-0.1, -0.05) is 29.8 Å². The lowest BCUT2D eigenvalue weighted by atomic mass is 9.98. The van der Waals surface area contributed by atoms with Crippen molar-refractivity contribution in [3.63, 3.8) is 0 Å². The van der Waals surface area contributed by atoms with Crippen molar-refractivity contribution < 1.29 is 15.2 Å². The maximum absolute atomic E-state index is 12.7. The summed E-state index contributed by atoms with van der Waals surface area (Å²) in [7, 11) is 0. The van der Waals surface area contributed by atoms with Gasteiger partial charge in [-0.05, 0) is 68.3 Å². The minimum atomic E-state index is -0.0266. The average molecular weight is 346 g/mol. The minimum Gasteiger partial charge on any atom is -0.507 e. The first-order valence-electron chi connectivity index (χ1n) is 8.78. The number of aryl methyl sites for hydroxylation is 3. The van der Waals surface area contributed by atoms with Crippen LogP contribution in [0.2, 0.25) is 0 Å². The van der Waals surface area contributed by atoms with Gasteiger partial charge in [0.1, 0.15) is 18.0 Å². The molecule has 3 N–H and O–H groups in total. The molecule has 132 valence electrons. The standard InChI is InChI=1S/C23H23NO2/c1-15-4-6-18(7-5-15)14-24-21-10-8-19(9-11-21)23(26)20-12-16(2)22(25)17(3)13-20/h4-13,24-25H,14H2,1-3H3/p+1. The van der Waals surface area contributed by atoms with Crippen LogP contribution in [0.5, 0.6) is 5.75 Å². The summed E-state index contributed by atoms with van der Waals surface area (Å²) in [5.74, 6) is 0.226. The quantitative estimate of drug-likeness (QED) is 0.543. The van der Waals surface area contributed by atoms with E-state index in [0.717, 1.165) is 23.4 Å². The van der Waals surface area contributed by atoms with E-state index >= 15 is 0 Å². The Morgan fingerprint density at radius 1 is 0.846 bits per heavy atom. The molecule has 0 spiro atoms. The molecular formula is C23H24NO2+. The van der Waals surface area contributed by atoms with Crippen LogP contribution in [-0.4, -0.2) is 10.9 Å². The normalized spacial score (nSPS) is 10.7. The molecule has 3 aromatic rings. The van der Waals surface area contributed by atoms with E-state index in [1.165, 1.54) is 11.1 Å². The zero-order valence-electron chi connectivity index (χ0n) is 15.4. The van der Waals surface area contributed by atoms with Crippen molar-refractivity contribution in [2.45, 2.75) is 27.3 Å². The van der Waals surface area contributed by atoms with Gasteiger partial charge in [0.25, 0.3) is 0 Å². The third kappa shape index (κ3) is 4.01. The van der Waals surface area contributed by atoms with Crippen LogP contribution in [0.3, 0.4) is 0 Å². The summed E-state index contributed by atoms with van der Waals surface area (Å²) in [5.41, 5.74) is 6.33. The third-order valence-corrected chi connectivity index (χ3v) is 4.62. The van der Waals surface area contributed by atoms with Crippen molar-refractivity contribution in [2.24, 2.45) is 0 Å². The highest BCUT2D eigenvalue weighted by molar-refractivity contribution is 6.09. The van der Waals surface area contributed by atoms with Gasteiger partial charge in [-0.15, -0.1) is 0 Å². The molecule has 3 rings (SSSR count). The molecule has 0 amide bonds. The molecule has 26 heavy (non-hydrogen) atoms. The summed E-state index contributed by atoms with van der Waals surface area (Å²) in [6, 6.07) is 19.7. The van der Waals surface area contributed by atoms with Gasteiger partial charge in [0, 0.05) is 16.7 Å². The Morgan fingerprint density at radius 3 is 2.00 bits per heavy atom. The van der Waals surface area contributed by atoms with Crippen LogP contribution < -0.4 is 5.32 Å². The third-order valence-electron chi connectivity index (χ3n) is 4.62. The topological polar surface area (TPSA) is 53.9 Å². The molecule has 0 aliphatic heterocycles. The summed E-state index contributed by atoms with van der Waals surface area (Å²) in [5, 5.41) is 12.0. The summed E-state index contributed by atoms with van der Waals surface area (Å²) in [4.78, 5) is 12.7. The van der Waals surface area contributed by atoms with Crippen LogP contribution in [0, 0.1) is 20.8 Å². The number of aromatic hydroxyl groups is 1. The van der Waals surface area contributed by atoms with E-state index < -0.39 is 0 Å². The van der Waals surface area contributed by atoms with Crippen molar-refractivity contribution in [3.05, 3.63) is 94.0 Å². The zero-order valence-corrected chi connectivity index (χ0v) is 15.4. The van der Waals surface area contributed by atoms with E-state index in [0.29, 0.717) is 11.1 Å². The van der Waals surface area contributed by atoms with Crippen LogP contribution >= 0.6 is 0 Å². The number of phenolic OH excluding ortho intramolecular Hbond substituents is 1. The van der Waals surface area contributed by atoms with Gasteiger partial charge in [-0.3, -0.25) is 4.79 Å². The smallest absolute Gasteiger partial charge is 0.193 e. The monoisotopic (exact) mass is 346 g/mol. The molecule has 3 aromatic carbocycles. The lowest BCUT2D eigenvalue weighted by molar-refractivity contribution is -0.588. The number of benzene rings is 3. The number of carbonyl (C=O) groups is 1. The Hall–Kier alpha value is -2.91. The van der Waals surface area contributed by atoms with E-state index in [4.69, 9.17) is 0 Å². The van der Waals surface area contributed by atoms with Crippen molar-refractivity contribution >= 4 is 11.5 Å². The fraction of sp³-hybridized carbons (Fsp3) is 0.174. The van der Waals surface area contributed by atoms with Crippen molar-refractivity contribution in [2.75, 3.05) is 0 Å². The SMILES string of the molecule is Cc1ccc(C[NH2+]c2ccc(C(=O)c3cc(C)c(O)c(C)c3)cc2)cc1. The second-order valence-electron chi connectivity index (χ2n) is 6.80. The van der Waals surface area contributed by atoms with Crippen LogP contribution in [0.25, 0.3) is 0 Å². The fourth-order valence-corrected chi connectivity index (χ4v) is 2.98. The van der Waals surface area contributed by atoms with Crippen LogP contribution in [0.4, 0.5) is 5.69 Å². The number of hydrogen-bond acceptors (Lipinski definition) is 2. The molecular weight excluding hydrogens is 322 g/mol. The number of ketones is 1. The number of quaternary nitrogens is 1. The molecule has 0 aliphatic rings. The number of phenols is 1. The Morgan fingerprint density at radius 2 is 1.42 bits per heavy atom. The van der Waals surface area contributed by atoms with Gasteiger partial charge >= 0.3 is 0 Å². The Kier molecular flexibility index (Phi) is 5.19. The van der Waals surface area contributed by atoms with Crippen LogP contribution in [-0.2, 0) is 6.54 Å². The van der Waals surface area contributed by atoms with E-state index in [1.807, 2.05) is 38.1 Å². The molecule has 0 saturated carbocycles. The van der Waals surface area contributed by atoms with E-state index in [2.05, 4.69) is 36.5 Å². The largest absolute Gasteiger partial charge is 0.507 e. The molecule has 3 heteroatoms. The predicted octanol–water partition coefficient (Wildman–Crippen LogP) is 3.94. The first kappa shape index (κ1) is 17.9. The summed E-state index contributed by atoms with van der Waals surface area (Å²) in [6.07, 6.45) is 0. The second-order valence-corrected chi connectivity index (χ2v) is 6.80. The summed E-state index contributed by atoms with van der Waals surface area (Å²) >= 11 is 0. The average Bonchev–Trinajstić information content (AvgIpc) is 2.65. The summed E-state index contributed by atoms with van der Waals surface area (Å²) in [6.45, 7) is 6.56. The van der Waals surface area contributed by atoms with Crippen molar-refractivity contribution in [1.29, 1.82) is 0 Å². The number of carbonyl (C=O) groups excluding carboxylic acids is 1. The molecule has 0 fully saturated rings. The fourth-order valence-electron chi connectivity index (χ4n) is 2.98. The molecule has 0 unspecified atom stereocenters. The first-order valence-corrected chi connectivity index (χ1v) is 8.78. The lowest BCUT2D eigenvalue weighted by Crippen LogP contribution is -2.76. The lowest BCUT2D eigenvalue weighted by Gasteiger charge is -2.08. The Bertz CT molecular complexity index is 902. The van der Waals surface area contributed by atoms with Crippen molar-refractivity contribution in [1.82, 2.24) is 0 Å². The number of rotatable bonds is 5. The number of nitrogens with two attached hydrogens (primary N) is 1. The van der Waals surface area contributed by atoms with Crippen molar-refractivity contribution in [3.8, 4) is 5.75 Å². The highest BCUT2D eigenvalue weighted by Gasteiger charge is 2.13. The summed E-state index contributed by atoms with van der Waals surface area (Å²) < 4.78 is 0. The van der Waals surface area contributed by atoms with Gasteiger partial charge in [-0.2, -0.15) is 0 Å². The van der Waals surface area contributed by atoms with E-state index in [9.17, 15) is 9.90 Å². The Labute approximate surface area is 154 Å². The molecule has 0 atom stereocenters. The maximum Gasteiger partial charge on any atom is 0.193 e.